The van der Waals surface area contributed by atoms with E-state index in [0.717, 1.165) is 29.2 Å². The second-order valence-corrected chi connectivity index (χ2v) is 6.07. The summed E-state index contributed by atoms with van der Waals surface area (Å²) >= 11 is 0. The maximum Gasteiger partial charge on any atom is 0.243 e. The van der Waals surface area contributed by atoms with Crippen molar-refractivity contribution in [3.05, 3.63) is 53.6 Å². The van der Waals surface area contributed by atoms with Gasteiger partial charge in [0, 0.05) is 19.3 Å². The molecule has 1 amide bonds. The molecule has 0 aliphatic carbocycles. The first-order valence-corrected chi connectivity index (χ1v) is 8.89. The molecule has 0 atom stereocenters. The number of hydrogen-bond acceptors (Lipinski definition) is 4. The molecule has 2 aromatic rings. The van der Waals surface area contributed by atoms with Crippen LogP contribution in [0.1, 0.15) is 18.1 Å². The normalized spacial score (nSPS) is 12.6. The molecule has 1 aliphatic heterocycles. The highest BCUT2D eigenvalue weighted by Crippen LogP contribution is 2.32. The highest BCUT2D eigenvalue weighted by atomic mass is 16.7. The number of rotatable bonds is 6. The zero-order valence-corrected chi connectivity index (χ0v) is 15.5. The van der Waals surface area contributed by atoms with Gasteiger partial charge in [0.15, 0.2) is 17.5 Å². The van der Waals surface area contributed by atoms with Gasteiger partial charge in [-0.15, -0.1) is 0 Å². The first kappa shape index (κ1) is 18.6. The van der Waals surface area contributed by atoms with Gasteiger partial charge in [-0.3, -0.25) is 9.79 Å². The van der Waals surface area contributed by atoms with Crippen LogP contribution in [0.15, 0.2) is 47.5 Å². The molecule has 0 fully saturated rings. The summed E-state index contributed by atoms with van der Waals surface area (Å²) in [6, 6.07) is 13.6. The number of carbonyl (C=O) groups excluding carboxylic acids is 1. The maximum atomic E-state index is 12.1. The van der Waals surface area contributed by atoms with Gasteiger partial charge in [-0.2, -0.15) is 0 Å². The van der Waals surface area contributed by atoms with Crippen molar-refractivity contribution in [1.82, 2.24) is 10.6 Å². The van der Waals surface area contributed by atoms with Crippen molar-refractivity contribution >= 4 is 17.6 Å². The SMILES string of the molecule is CCc1cccc(NC(=O)CNC(=NC)NCc2ccc3c(c2)OCO3)c1. The summed E-state index contributed by atoms with van der Waals surface area (Å²) in [7, 11) is 1.66. The molecular formula is C20H24N4O3. The average molecular weight is 368 g/mol. The molecule has 3 rings (SSSR count). The third-order valence-corrected chi connectivity index (χ3v) is 4.16. The molecule has 27 heavy (non-hydrogen) atoms. The van der Waals surface area contributed by atoms with Crippen LogP contribution in [0.5, 0.6) is 11.5 Å². The summed E-state index contributed by atoms with van der Waals surface area (Å²) < 4.78 is 10.7. The number of guanidine groups is 1. The van der Waals surface area contributed by atoms with Crippen molar-refractivity contribution in [1.29, 1.82) is 0 Å². The molecule has 0 saturated carbocycles. The van der Waals surface area contributed by atoms with Gasteiger partial charge in [0.2, 0.25) is 12.7 Å². The topological polar surface area (TPSA) is 84.0 Å². The number of ether oxygens (including phenoxy) is 2. The van der Waals surface area contributed by atoms with Gasteiger partial charge >= 0.3 is 0 Å². The van der Waals surface area contributed by atoms with E-state index < -0.39 is 0 Å². The van der Waals surface area contributed by atoms with Crippen LogP contribution in [0.2, 0.25) is 0 Å². The van der Waals surface area contributed by atoms with E-state index in [1.54, 1.807) is 7.05 Å². The van der Waals surface area contributed by atoms with Crippen molar-refractivity contribution < 1.29 is 14.3 Å². The number of hydrogen-bond donors (Lipinski definition) is 3. The molecule has 0 spiro atoms. The predicted molar refractivity (Wildman–Crippen MR) is 105 cm³/mol. The van der Waals surface area contributed by atoms with Crippen LogP contribution in [0.25, 0.3) is 0 Å². The molecule has 7 nitrogen and oxygen atoms in total. The molecule has 0 saturated heterocycles. The fourth-order valence-electron chi connectivity index (χ4n) is 2.70. The summed E-state index contributed by atoms with van der Waals surface area (Å²) in [6.45, 7) is 3.01. The third kappa shape index (κ3) is 5.13. The second kappa shape index (κ2) is 8.93. The molecule has 7 heteroatoms. The minimum Gasteiger partial charge on any atom is -0.454 e. The third-order valence-electron chi connectivity index (χ3n) is 4.16. The highest BCUT2D eigenvalue weighted by Gasteiger charge is 2.13. The zero-order valence-electron chi connectivity index (χ0n) is 15.5. The van der Waals surface area contributed by atoms with Gasteiger partial charge < -0.3 is 25.4 Å². The number of nitrogens with zero attached hydrogens (tertiary/aromatic N) is 1. The van der Waals surface area contributed by atoms with Crippen LogP contribution in [0.3, 0.4) is 0 Å². The van der Waals surface area contributed by atoms with E-state index in [0.29, 0.717) is 12.5 Å². The summed E-state index contributed by atoms with van der Waals surface area (Å²) in [5, 5.41) is 9.07. The summed E-state index contributed by atoms with van der Waals surface area (Å²) in [6.07, 6.45) is 0.929. The second-order valence-electron chi connectivity index (χ2n) is 6.07. The van der Waals surface area contributed by atoms with Crippen LogP contribution in [0, 0.1) is 0 Å². The minimum absolute atomic E-state index is 0.122. The Morgan fingerprint density at radius 3 is 2.74 bits per heavy atom. The van der Waals surface area contributed by atoms with Crippen LogP contribution in [-0.4, -0.2) is 32.3 Å². The Morgan fingerprint density at radius 1 is 1.07 bits per heavy atom. The van der Waals surface area contributed by atoms with E-state index in [1.807, 2.05) is 42.5 Å². The van der Waals surface area contributed by atoms with E-state index in [1.165, 1.54) is 5.56 Å². The fraction of sp³-hybridized carbons (Fsp3) is 0.300. The number of nitrogens with one attached hydrogen (secondary N) is 3. The fourth-order valence-corrected chi connectivity index (χ4v) is 2.70. The number of anilines is 1. The Bertz CT molecular complexity index is 836. The van der Waals surface area contributed by atoms with Crippen molar-refractivity contribution in [3.8, 4) is 11.5 Å². The summed E-state index contributed by atoms with van der Waals surface area (Å²) in [4.78, 5) is 16.3. The van der Waals surface area contributed by atoms with Crippen molar-refractivity contribution in [3.63, 3.8) is 0 Å². The van der Waals surface area contributed by atoms with E-state index in [2.05, 4.69) is 27.9 Å². The van der Waals surface area contributed by atoms with Gasteiger partial charge in [-0.1, -0.05) is 25.1 Å². The molecule has 1 aliphatic rings. The molecule has 0 aromatic heterocycles. The molecule has 0 radical (unpaired) electrons. The smallest absolute Gasteiger partial charge is 0.243 e. The highest BCUT2D eigenvalue weighted by molar-refractivity contribution is 5.95. The van der Waals surface area contributed by atoms with E-state index >= 15 is 0 Å². The number of benzene rings is 2. The Kier molecular flexibility index (Phi) is 6.14. The molecule has 3 N–H and O–H groups in total. The number of aliphatic imine (C=N–C) groups is 1. The number of aryl methyl sites for hydroxylation is 1. The van der Waals surface area contributed by atoms with Crippen molar-refractivity contribution in [2.45, 2.75) is 19.9 Å². The first-order valence-electron chi connectivity index (χ1n) is 8.89. The average Bonchev–Trinajstić information content (AvgIpc) is 3.16. The lowest BCUT2D eigenvalue weighted by molar-refractivity contribution is -0.115. The van der Waals surface area contributed by atoms with Gasteiger partial charge in [-0.05, 0) is 41.8 Å². The van der Waals surface area contributed by atoms with Gasteiger partial charge in [-0.25, -0.2) is 0 Å². The standard InChI is InChI=1S/C20H24N4O3/c1-3-14-5-4-6-16(9-14)24-19(25)12-23-20(21-2)22-11-15-7-8-17-18(10-15)27-13-26-17/h4-10H,3,11-13H2,1-2H3,(H,24,25)(H2,21,22,23). The largest absolute Gasteiger partial charge is 0.454 e. The Balaban J connectivity index is 1.46. The molecule has 1 heterocycles. The molecule has 142 valence electrons. The van der Waals surface area contributed by atoms with Gasteiger partial charge in [0.05, 0.1) is 6.54 Å². The number of carbonyl (C=O) groups is 1. The van der Waals surface area contributed by atoms with E-state index in [4.69, 9.17) is 9.47 Å². The quantitative estimate of drug-likeness (QED) is 0.538. The van der Waals surface area contributed by atoms with E-state index in [9.17, 15) is 4.79 Å². The lowest BCUT2D eigenvalue weighted by Crippen LogP contribution is -2.41. The van der Waals surface area contributed by atoms with Crippen LogP contribution in [0.4, 0.5) is 5.69 Å². The minimum atomic E-state index is -0.130. The molecule has 0 bridgehead atoms. The van der Waals surface area contributed by atoms with Gasteiger partial charge in [0.1, 0.15) is 0 Å². The summed E-state index contributed by atoms with van der Waals surface area (Å²) in [5.41, 5.74) is 3.01. The lowest BCUT2D eigenvalue weighted by Gasteiger charge is -2.12. The zero-order chi connectivity index (χ0) is 19.1. The number of fused-ring (bicyclic) bond motifs is 1. The van der Waals surface area contributed by atoms with Crippen molar-refractivity contribution in [2.75, 3.05) is 25.7 Å². The predicted octanol–water partition coefficient (Wildman–Crippen LogP) is 2.28. The van der Waals surface area contributed by atoms with Crippen molar-refractivity contribution in [2.24, 2.45) is 4.99 Å². The molecular weight excluding hydrogens is 344 g/mol. The van der Waals surface area contributed by atoms with Crippen LogP contribution < -0.4 is 25.4 Å². The molecule has 0 unspecified atom stereocenters. The Labute approximate surface area is 158 Å². The van der Waals surface area contributed by atoms with Crippen LogP contribution >= 0.6 is 0 Å². The monoisotopic (exact) mass is 368 g/mol. The van der Waals surface area contributed by atoms with E-state index in [-0.39, 0.29) is 19.2 Å². The van der Waals surface area contributed by atoms with Gasteiger partial charge in [0.25, 0.3) is 0 Å². The lowest BCUT2D eigenvalue weighted by atomic mass is 10.1. The Morgan fingerprint density at radius 2 is 1.93 bits per heavy atom. The molecule has 2 aromatic carbocycles. The summed E-state index contributed by atoms with van der Waals surface area (Å²) in [5.74, 6) is 1.91. The first-order chi connectivity index (χ1) is 13.2. The Hall–Kier alpha value is -3.22. The van der Waals surface area contributed by atoms with Crippen LogP contribution in [-0.2, 0) is 17.8 Å². The number of amides is 1. The maximum absolute atomic E-state index is 12.1.